The minimum absolute atomic E-state index is 0.0118. The fraction of sp³-hybridized carbons (Fsp3) is 0.841. The quantitative estimate of drug-likeness (QED) is 0.0321. The molecule has 0 aliphatic carbocycles. The van der Waals surface area contributed by atoms with Gasteiger partial charge in [0.05, 0.1) is 25.4 Å². The van der Waals surface area contributed by atoms with Gasteiger partial charge in [0.1, 0.15) is 0 Å². The molecule has 0 bridgehead atoms. The third-order valence-corrected chi connectivity index (χ3v) is 13.8. The summed E-state index contributed by atoms with van der Waals surface area (Å²) in [7, 11) is 0. The van der Waals surface area contributed by atoms with E-state index in [1.54, 1.807) is 6.08 Å². The van der Waals surface area contributed by atoms with Crippen LogP contribution in [0.1, 0.15) is 316 Å². The van der Waals surface area contributed by atoms with E-state index >= 15 is 0 Å². The monoisotopic (exact) mass is 968 g/mol. The second kappa shape index (κ2) is 58.4. The predicted molar refractivity (Wildman–Crippen MR) is 301 cm³/mol. The SMILES string of the molecule is CCCCC/C=C\C/C=C\CCCCCCCCCC(=O)OCCCCCCCCC/C=C\CCCCCCCC(=O)NC(CO)C(O)/C=C/CCCCCCCCCCCCCCCCCCC. The molecule has 0 rings (SSSR count). The van der Waals surface area contributed by atoms with Gasteiger partial charge in [-0.3, -0.25) is 9.59 Å². The molecule has 0 saturated heterocycles. The van der Waals surface area contributed by atoms with E-state index in [2.05, 4.69) is 55.6 Å². The minimum Gasteiger partial charge on any atom is -0.466 e. The summed E-state index contributed by atoms with van der Waals surface area (Å²) >= 11 is 0. The zero-order valence-corrected chi connectivity index (χ0v) is 46.0. The molecule has 6 nitrogen and oxygen atoms in total. The van der Waals surface area contributed by atoms with Crippen LogP contribution >= 0.6 is 0 Å². The highest BCUT2D eigenvalue weighted by molar-refractivity contribution is 5.76. The molecule has 0 heterocycles. The van der Waals surface area contributed by atoms with Crippen LogP contribution in [-0.4, -0.2) is 47.4 Å². The molecule has 2 atom stereocenters. The number of hydrogen-bond acceptors (Lipinski definition) is 5. The normalized spacial score (nSPS) is 12.9. The smallest absolute Gasteiger partial charge is 0.305 e. The van der Waals surface area contributed by atoms with Crippen molar-refractivity contribution >= 4 is 11.9 Å². The van der Waals surface area contributed by atoms with Crippen molar-refractivity contribution in [2.75, 3.05) is 13.2 Å². The Hall–Kier alpha value is -2.18. The highest BCUT2D eigenvalue weighted by atomic mass is 16.5. The van der Waals surface area contributed by atoms with Crippen LogP contribution in [0.25, 0.3) is 0 Å². The second-order valence-corrected chi connectivity index (χ2v) is 20.7. The number of rotatable bonds is 56. The van der Waals surface area contributed by atoms with Crippen LogP contribution in [0, 0.1) is 0 Å². The zero-order chi connectivity index (χ0) is 50.0. The third kappa shape index (κ3) is 55.0. The maximum Gasteiger partial charge on any atom is 0.305 e. The lowest BCUT2D eigenvalue weighted by atomic mass is 10.0. The Kier molecular flexibility index (Phi) is 56.5. The van der Waals surface area contributed by atoms with Gasteiger partial charge in [0.15, 0.2) is 0 Å². The Morgan fingerprint density at radius 1 is 0.406 bits per heavy atom. The molecule has 0 aliphatic heterocycles. The number of unbranched alkanes of at least 4 members (excludes halogenated alkanes) is 39. The van der Waals surface area contributed by atoms with Crippen molar-refractivity contribution < 1.29 is 24.5 Å². The molecule has 0 aromatic carbocycles. The number of allylic oxidation sites excluding steroid dienone is 7. The standard InChI is InChI=1S/C63H117NO5/c1-3-5-7-9-11-13-15-17-19-21-22-24-27-31-35-39-43-47-51-55-61(66)60(59-65)64-62(67)56-52-48-44-40-36-32-28-25-26-30-34-38-42-46-50-54-58-69-63(68)57-53-49-45-41-37-33-29-23-20-18-16-14-12-10-8-6-4-2/h12,14,18,20,25,28,51,55,60-61,65-66H,3-11,13,15-17,19,21-24,26-27,29-50,52-54,56-59H2,1-2H3,(H,64,67)/b14-12-,20-18-,28-25-,55-51+. The second-order valence-electron chi connectivity index (χ2n) is 20.7. The summed E-state index contributed by atoms with van der Waals surface area (Å²) in [6.07, 6.45) is 74.2. The number of carbonyl (C=O) groups is 2. The molecule has 3 N–H and O–H groups in total. The topological polar surface area (TPSA) is 95.9 Å². The summed E-state index contributed by atoms with van der Waals surface area (Å²) in [5.74, 6) is -0.0958. The van der Waals surface area contributed by atoms with Crippen LogP contribution in [0.4, 0.5) is 0 Å². The van der Waals surface area contributed by atoms with Gasteiger partial charge in [-0.15, -0.1) is 0 Å². The van der Waals surface area contributed by atoms with Gasteiger partial charge in [-0.2, -0.15) is 0 Å². The molecular weight excluding hydrogens is 851 g/mol. The molecule has 0 aromatic heterocycles. The van der Waals surface area contributed by atoms with Crippen LogP contribution < -0.4 is 5.32 Å². The number of hydrogen-bond donors (Lipinski definition) is 3. The van der Waals surface area contributed by atoms with Crippen LogP contribution in [-0.2, 0) is 14.3 Å². The van der Waals surface area contributed by atoms with Crippen LogP contribution in [0.15, 0.2) is 48.6 Å². The van der Waals surface area contributed by atoms with Crippen molar-refractivity contribution in [2.45, 2.75) is 328 Å². The lowest BCUT2D eigenvalue weighted by molar-refractivity contribution is -0.143. The first-order valence-corrected chi connectivity index (χ1v) is 30.4. The number of nitrogens with one attached hydrogen (secondary N) is 1. The fourth-order valence-corrected chi connectivity index (χ4v) is 9.13. The van der Waals surface area contributed by atoms with Gasteiger partial charge in [-0.25, -0.2) is 0 Å². The van der Waals surface area contributed by atoms with Crippen LogP contribution in [0.3, 0.4) is 0 Å². The number of aliphatic hydroxyl groups excluding tert-OH is 2. The summed E-state index contributed by atoms with van der Waals surface area (Å²) in [5, 5.41) is 23.2. The Morgan fingerprint density at radius 2 is 0.725 bits per heavy atom. The van der Waals surface area contributed by atoms with Crippen molar-refractivity contribution in [3.63, 3.8) is 0 Å². The number of ether oxygens (including phenoxy) is 1. The van der Waals surface area contributed by atoms with E-state index < -0.39 is 12.1 Å². The maximum atomic E-state index is 12.5. The number of carbonyl (C=O) groups excluding carboxylic acids is 2. The van der Waals surface area contributed by atoms with Gasteiger partial charge in [0, 0.05) is 12.8 Å². The first-order valence-electron chi connectivity index (χ1n) is 30.4. The highest BCUT2D eigenvalue weighted by Crippen LogP contribution is 2.16. The van der Waals surface area contributed by atoms with Crippen molar-refractivity contribution in [3.05, 3.63) is 48.6 Å². The molecule has 0 fully saturated rings. The minimum atomic E-state index is -0.857. The lowest BCUT2D eigenvalue weighted by Gasteiger charge is -2.20. The first-order chi connectivity index (χ1) is 34.0. The molecule has 0 radical (unpaired) electrons. The molecular formula is C63H117NO5. The summed E-state index contributed by atoms with van der Waals surface area (Å²) in [6, 6.07) is -0.642. The fourth-order valence-electron chi connectivity index (χ4n) is 9.13. The van der Waals surface area contributed by atoms with Gasteiger partial charge in [-0.05, 0) is 89.9 Å². The average molecular weight is 969 g/mol. The molecule has 69 heavy (non-hydrogen) atoms. The molecule has 0 aliphatic rings. The third-order valence-electron chi connectivity index (χ3n) is 13.8. The highest BCUT2D eigenvalue weighted by Gasteiger charge is 2.18. The molecule has 1 amide bonds. The van der Waals surface area contributed by atoms with Crippen LogP contribution in [0.5, 0.6) is 0 Å². The molecule has 0 aromatic rings. The summed E-state index contributed by atoms with van der Waals surface area (Å²) < 4.78 is 5.48. The van der Waals surface area contributed by atoms with Gasteiger partial charge >= 0.3 is 5.97 Å². The van der Waals surface area contributed by atoms with Crippen molar-refractivity contribution in [1.29, 1.82) is 0 Å². The van der Waals surface area contributed by atoms with Gasteiger partial charge in [-0.1, -0.05) is 262 Å². The number of aliphatic hydroxyl groups is 2. The largest absolute Gasteiger partial charge is 0.466 e. The summed E-state index contributed by atoms with van der Waals surface area (Å²) in [4.78, 5) is 24.6. The van der Waals surface area contributed by atoms with Crippen molar-refractivity contribution in [2.24, 2.45) is 0 Å². The molecule has 2 unspecified atom stereocenters. The van der Waals surface area contributed by atoms with E-state index in [4.69, 9.17) is 4.74 Å². The van der Waals surface area contributed by atoms with Crippen LogP contribution in [0.2, 0.25) is 0 Å². The van der Waals surface area contributed by atoms with Gasteiger partial charge in [0.2, 0.25) is 5.91 Å². The first kappa shape index (κ1) is 66.8. The molecule has 404 valence electrons. The van der Waals surface area contributed by atoms with E-state index in [1.165, 1.54) is 218 Å². The van der Waals surface area contributed by atoms with E-state index in [1.807, 2.05) is 6.08 Å². The Morgan fingerprint density at radius 3 is 1.14 bits per heavy atom. The zero-order valence-electron chi connectivity index (χ0n) is 46.0. The molecule has 0 spiro atoms. The van der Waals surface area contributed by atoms with E-state index in [9.17, 15) is 19.8 Å². The molecule has 0 saturated carbocycles. The summed E-state index contributed by atoms with van der Waals surface area (Å²) in [5.41, 5.74) is 0. The van der Waals surface area contributed by atoms with E-state index in [0.29, 0.717) is 19.4 Å². The average Bonchev–Trinajstić information content (AvgIpc) is 3.35. The maximum absolute atomic E-state index is 12.5. The van der Waals surface area contributed by atoms with Gasteiger partial charge in [0.25, 0.3) is 0 Å². The van der Waals surface area contributed by atoms with Gasteiger partial charge < -0.3 is 20.3 Å². The van der Waals surface area contributed by atoms with E-state index in [-0.39, 0.29) is 18.5 Å². The molecule has 6 heteroatoms. The Labute approximate surface area is 429 Å². The predicted octanol–water partition coefficient (Wildman–Crippen LogP) is 19.0. The van der Waals surface area contributed by atoms with Crippen molar-refractivity contribution in [1.82, 2.24) is 5.32 Å². The van der Waals surface area contributed by atoms with Crippen molar-refractivity contribution in [3.8, 4) is 0 Å². The number of esters is 1. The Balaban J connectivity index is 3.50. The van der Waals surface area contributed by atoms with E-state index in [0.717, 1.165) is 70.6 Å². The number of amides is 1. The summed E-state index contributed by atoms with van der Waals surface area (Å²) in [6.45, 7) is 4.86. The lowest BCUT2D eigenvalue weighted by Crippen LogP contribution is -2.45. The Bertz CT molecular complexity index is 1160.